The van der Waals surface area contributed by atoms with Gasteiger partial charge in [0, 0.05) is 5.70 Å². The van der Waals surface area contributed by atoms with Crippen LogP contribution in [-0.2, 0) is 0 Å². The Morgan fingerprint density at radius 2 is 2.50 bits per heavy atom. The first-order chi connectivity index (χ1) is 2.81. The zero-order valence-corrected chi connectivity index (χ0v) is 3.81. The summed E-state index contributed by atoms with van der Waals surface area (Å²) in [6.45, 7) is 1.88. The van der Waals surface area contributed by atoms with E-state index >= 15 is 0 Å². The Kier molecular flexibility index (Phi) is 2.29. The minimum Gasteiger partial charge on any atom is -0.514 e. The SMILES string of the molecule is CCC(N)=CO. The van der Waals surface area contributed by atoms with Gasteiger partial charge >= 0.3 is 0 Å². The number of rotatable bonds is 1. The third-order valence-corrected chi connectivity index (χ3v) is 0.574. The quantitative estimate of drug-likeness (QED) is 0.464. The molecule has 0 atom stereocenters. The molecule has 0 fully saturated rings. The van der Waals surface area contributed by atoms with E-state index in [-0.39, 0.29) is 0 Å². The number of hydrogen-bond donors (Lipinski definition) is 2. The monoisotopic (exact) mass is 87.1 g/mol. The Morgan fingerprint density at radius 3 is 2.50 bits per heavy atom. The second-order valence-corrected chi connectivity index (χ2v) is 1.06. The van der Waals surface area contributed by atoms with Gasteiger partial charge in [-0.15, -0.1) is 0 Å². The van der Waals surface area contributed by atoms with Crippen molar-refractivity contribution in [1.29, 1.82) is 0 Å². The molecule has 0 amide bonds. The van der Waals surface area contributed by atoms with Crippen LogP contribution in [0.5, 0.6) is 0 Å². The number of hydrogen-bond acceptors (Lipinski definition) is 2. The van der Waals surface area contributed by atoms with Crippen molar-refractivity contribution in [2.45, 2.75) is 13.3 Å². The molecule has 6 heavy (non-hydrogen) atoms. The molecule has 0 aliphatic rings. The molecule has 0 radical (unpaired) electrons. The van der Waals surface area contributed by atoms with Gasteiger partial charge in [0.2, 0.25) is 0 Å². The molecule has 2 heteroatoms. The highest BCUT2D eigenvalue weighted by atomic mass is 16.2. The normalized spacial score (nSPS) is 11.8. The van der Waals surface area contributed by atoms with E-state index in [1.807, 2.05) is 6.92 Å². The van der Waals surface area contributed by atoms with Crippen molar-refractivity contribution in [3.05, 3.63) is 12.0 Å². The van der Waals surface area contributed by atoms with Gasteiger partial charge in [0.05, 0.1) is 6.26 Å². The van der Waals surface area contributed by atoms with E-state index in [1.54, 1.807) is 0 Å². The van der Waals surface area contributed by atoms with Crippen molar-refractivity contribution in [3.63, 3.8) is 0 Å². The minimum absolute atomic E-state index is 0.523. The molecule has 2 nitrogen and oxygen atoms in total. The Bertz CT molecular complexity index is 58.6. The maximum Gasteiger partial charge on any atom is 0.0978 e. The highest BCUT2D eigenvalue weighted by Crippen LogP contribution is 1.83. The molecule has 36 valence electrons. The van der Waals surface area contributed by atoms with Crippen LogP contribution in [0, 0.1) is 0 Å². The van der Waals surface area contributed by atoms with Gasteiger partial charge in [-0.1, -0.05) is 6.92 Å². The van der Waals surface area contributed by atoms with Crippen LogP contribution in [0.15, 0.2) is 12.0 Å². The highest BCUT2D eigenvalue weighted by molar-refractivity contribution is 4.87. The molecule has 0 rings (SSSR count). The van der Waals surface area contributed by atoms with Gasteiger partial charge in [-0.05, 0) is 6.42 Å². The predicted molar refractivity (Wildman–Crippen MR) is 25.2 cm³/mol. The van der Waals surface area contributed by atoms with E-state index in [1.165, 1.54) is 0 Å². The van der Waals surface area contributed by atoms with Gasteiger partial charge in [0.15, 0.2) is 0 Å². The average Bonchev–Trinajstić information content (AvgIpc) is 1.65. The Hall–Kier alpha value is -0.660. The fourth-order valence-electron chi connectivity index (χ4n) is 0.0913. The second-order valence-electron chi connectivity index (χ2n) is 1.06. The van der Waals surface area contributed by atoms with E-state index in [9.17, 15) is 0 Å². The largest absolute Gasteiger partial charge is 0.514 e. The van der Waals surface area contributed by atoms with Crippen LogP contribution in [0.3, 0.4) is 0 Å². The molecule has 0 aliphatic heterocycles. The van der Waals surface area contributed by atoms with Crippen LogP contribution in [0.1, 0.15) is 13.3 Å². The molecule has 0 saturated heterocycles. The van der Waals surface area contributed by atoms with Crippen LogP contribution < -0.4 is 5.73 Å². The van der Waals surface area contributed by atoms with E-state index in [4.69, 9.17) is 10.8 Å². The molecule has 0 aromatic rings. The van der Waals surface area contributed by atoms with Gasteiger partial charge < -0.3 is 10.8 Å². The molecule has 0 bridgehead atoms. The van der Waals surface area contributed by atoms with E-state index in [0.717, 1.165) is 12.7 Å². The fraction of sp³-hybridized carbons (Fsp3) is 0.500. The van der Waals surface area contributed by atoms with Crippen LogP contribution in [-0.4, -0.2) is 5.11 Å². The summed E-state index contributed by atoms with van der Waals surface area (Å²) in [7, 11) is 0. The molecular weight excluding hydrogens is 78.0 g/mol. The minimum atomic E-state index is 0.523. The summed E-state index contributed by atoms with van der Waals surface area (Å²) in [5.74, 6) is 0. The number of nitrogens with two attached hydrogens (primary N) is 1. The van der Waals surface area contributed by atoms with Crippen LogP contribution in [0.25, 0.3) is 0 Å². The molecule has 0 heterocycles. The predicted octanol–water partition coefficient (Wildman–Crippen LogP) is 0.755. The lowest BCUT2D eigenvalue weighted by molar-refractivity contribution is 0.464. The molecule has 0 aliphatic carbocycles. The average molecular weight is 87.1 g/mol. The zero-order chi connectivity index (χ0) is 4.99. The van der Waals surface area contributed by atoms with Crippen LogP contribution in [0.2, 0.25) is 0 Å². The maximum atomic E-state index is 8.05. The summed E-state index contributed by atoms with van der Waals surface area (Å²) in [5, 5.41) is 8.05. The molecule has 0 aromatic heterocycles. The maximum absolute atomic E-state index is 8.05. The molecule has 0 saturated carbocycles. The third-order valence-electron chi connectivity index (χ3n) is 0.574. The summed E-state index contributed by atoms with van der Waals surface area (Å²) in [6, 6.07) is 0. The summed E-state index contributed by atoms with van der Waals surface area (Å²) in [5.41, 5.74) is 5.61. The Balaban J connectivity index is 3.22. The van der Waals surface area contributed by atoms with Crippen molar-refractivity contribution < 1.29 is 5.11 Å². The summed E-state index contributed by atoms with van der Waals surface area (Å²) in [6.07, 6.45) is 1.64. The van der Waals surface area contributed by atoms with Crippen molar-refractivity contribution in [1.82, 2.24) is 0 Å². The van der Waals surface area contributed by atoms with Crippen molar-refractivity contribution in [3.8, 4) is 0 Å². The fourth-order valence-corrected chi connectivity index (χ4v) is 0.0913. The number of allylic oxidation sites excluding steroid dienone is 1. The Morgan fingerprint density at radius 1 is 2.00 bits per heavy atom. The van der Waals surface area contributed by atoms with E-state index in [0.29, 0.717) is 5.70 Å². The van der Waals surface area contributed by atoms with E-state index in [2.05, 4.69) is 0 Å². The lowest BCUT2D eigenvalue weighted by Gasteiger charge is -1.85. The smallest absolute Gasteiger partial charge is 0.0978 e. The van der Waals surface area contributed by atoms with Gasteiger partial charge in [-0.3, -0.25) is 0 Å². The van der Waals surface area contributed by atoms with Gasteiger partial charge in [0.1, 0.15) is 0 Å². The summed E-state index contributed by atoms with van der Waals surface area (Å²) >= 11 is 0. The van der Waals surface area contributed by atoms with Gasteiger partial charge in [-0.2, -0.15) is 0 Å². The summed E-state index contributed by atoms with van der Waals surface area (Å²) < 4.78 is 0. The highest BCUT2D eigenvalue weighted by Gasteiger charge is 1.75. The van der Waals surface area contributed by atoms with Gasteiger partial charge in [0.25, 0.3) is 0 Å². The van der Waals surface area contributed by atoms with Crippen LogP contribution >= 0.6 is 0 Å². The second kappa shape index (κ2) is 2.57. The van der Waals surface area contributed by atoms with Gasteiger partial charge in [-0.25, -0.2) is 0 Å². The van der Waals surface area contributed by atoms with Crippen LogP contribution in [0.4, 0.5) is 0 Å². The molecule has 0 spiro atoms. The number of aliphatic hydroxyl groups is 1. The third kappa shape index (κ3) is 1.64. The van der Waals surface area contributed by atoms with E-state index < -0.39 is 0 Å². The molecular formula is C4H9NO. The lowest BCUT2D eigenvalue weighted by atomic mass is 10.4. The summed E-state index contributed by atoms with van der Waals surface area (Å²) in [4.78, 5) is 0. The Labute approximate surface area is 37.3 Å². The topological polar surface area (TPSA) is 46.2 Å². The first kappa shape index (κ1) is 5.34. The standard InChI is InChI=1S/C4H9NO/c1-2-4(5)3-6/h3,6H,2,5H2,1H3. The zero-order valence-electron chi connectivity index (χ0n) is 3.81. The molecule has 0 unspecified atom stereocenters. The van der Waals surface area contributed by atoms with Crippen molar-refractivity contribution >= 4 is 0 Å². The molecule has 3 N–H and O–H groups in total. The molecule has 0 aromatic carbocycles. The first-order valence-corrected chi connectivity index (χ1v) is 1.90. The van der Waals surface area contributed by atoms with Crippen molar-refractivity contribution in [2.24, 2.45) is 5.73 Å². The lowest BCUT2D eigenvalue weighted by Crippen LogP contribution is -1.92. The number of aliphatic hydroxyl groups excluding tert-OH is 1. The first-order valence-electron chi connectivity index (χ1n) is 1.90. The van der Waals surface area contributed by atoms with Crippen molar-refractivity contribution in [2.75, 3.05) is 0 Å².